The molecule has 2 aromatic carbocycles. The summed E-state index contributed by atoms with van der Waals surface area (Å²) < 4.78 is 4.87. The van der Waals surface area contributed by atoms with E-state index in [-0.39, 0.29) is 0 Å². The van der Waals surface area contributed by atoms with Crippen LogP contribution in [0.5, 0.6) is 0 Å². The number of rotatable bonds is 7. The molecule has 1 aliphatic carbocycles. The van der Waals surface area contributed by atoms with Gasteiger partial charge in [-0.25, -0.2) is 4.68 Å². The van der Waals surface area contributed by atoms with E-state index >= 15 is 0 Å². The molecule has 4 rings (SSSR count). The first kappa shape index (κ1) is 17.2. The number of aromatic nitrogens is 3. The summed E-state index contributed by atoms with van der Waals surface area (Å²) >= 11 is 5.82. The highest BCUT2D eigenvalue weighted by molar-refractivity contribution is 7.71. The van der Waals surface area contributed by atoms with Gasteiger partial charge in [-0.3, -0.25) is 9.47 Å². The Morgan fingerprint density at radius 3 is 2.31 bits per heavy atom. The molecule has 0 amide bonds. The Hall–Kier alpha value is -2.24. The molecule has 0 bridgehead atoms. The molecule has 0 unspecified atom stereocenters. The molecule has 0 spiro atoms. The van der Waals surface area contributed by atoms with Crippen LogP contribution < -0.4 is 0 Å². The van der Waals surface area contributed by atoms with Gasteiger partial charge in [0.1, 0.15) is 5.82 Å². The molecular weight excluding hydrogens is 340 g/mol. The van der Waals surface area contributed by atoms with Gasteiger partial charge in [0.15, 0.2) is 0 Å². The van der Waals surface area contributed by atoms with Gasteiger partial charge in [-0.15, -0.1) is 0 Å². The van der Waals surface area contributed by atoms with E-state index in [2.05, 4.69) is 52.8 Å². The molecule has 1 saturated carbocycles. The van der Waals surface area contributed by atoms with Crippen LogP contribution >= 0.6 is 12.2 Å². The average Bonchev–Trinajstić information content (AvgIpc) is 3.47. The minimum absolute atomic E-state index is 0.696. The standard InChI is InChI=1S/C21H24N4S/c1-2-23(18-13-14-18)16-24-21(26)25(19-11-7-4-8-12-19)20(22-24)15-17-9-5-3-6-10-17/h3-12,18H,2,13-16H2,1H3. The van der Waals surface area contributed by atoms with Crippen LogP contribution in [0.25, 0.3) is 5.69 Å². The van der Waals surface area contributed by atoms with E-state index in [1.165, 1.54) is 18.4 Å². The predicted octanol–water partition coefficient (Wildman–Crippen LogP) is 4.44. The lowest BCUT2D eigenvalue weighted by atomic mass is 10.1. The summed E-state index contributed by atoms with van der Waals surface area (Å²) in [4.78, 5) is 2.46. The Morgan fingerprint density at radius 2 is 1.69 bits per heavy atom. The second-order valence-corrected chi connectivity index (χ2v) is 7.17. The van der Waals surface area contributed by atoms with Crippen molar-refractivity contribution in [3.63, 3.8) is 0 Å². The summed E-state index contributed by atoms with van der Waals surface area (Å²) in [6.07, 6.45) is 3.34. The first-order valence-electron chi connectivity index (χ1n) is 9.28. The molecule has 1 fully saturated rings. The zero-order valence-corrected chi connectivity index (χ0v) is 15.9. The summed E-state index contributed by atoms with van der Waals surface area (Å²) in [6.45, 7) is 4.00. The average molecular weight is 365 g/mol. The third-order valence-electron chi connectivity index (χ3n) is 4.91. The van der Waals surface area contributed by atoms with Crippen molar-refractivity contribution in [3.8, 4) is 5.69 Å². The summed E-state index contributed by atoms with van der Waals surface area (Å²) in [7, 11) is 0. The maximum atomic E-state index is 5.82. The highest BCUT2D eigenvalue weighted by Gasteiger charge is 2.28. The van der Waals surface area contributed by atoms with E-state index < -0.39 is 0 Å². The predicted molar refractivity (Wildman–Crippen MR) is 107 cm³/mol. The molecule has 26 heavy (non-hydrogen) atoms. The molecule has 1 aliphatic rings. The Balaban J connectivity index is 1.73. The zero-order chi connectivity index (χ0) is 17.9. The fraction of sp³-hybridized carbons (Fsp3) is 0.333. The molecule has 1 heterocycles. The van der Waals surface area contributed by atoms with Crippen LogP contribution in [0.1, 0.15) is 31.2 Å². The Labute approximate surface area is 159 Å². The lowest BCUT2D eigenvalue weighted by molar-refractivity contribution is 0.205. The van der Waals surface area contributed by atoms with Gasteiger partial charge in [-0.2, -0.15) is 5.10 Å². The van der Waals surface area contributed by atoms with Crippen molar-refractivity contribution in [1.82, 2.24) is 19.2 Å². The van der Waals surface area contributed by atoms with Crippen molar-refractivity contribution < 1.29 is 0 Å². The monoisotopic (exact) mass is 364 g/mol. The van der Waals surface area contributed by atoms with Crippen LogP contribution in [-0.4, -0.2) is 31.8 Å². The van der Waals surface area contributed by atoms with E-state index in [1.807, 2.05) is 28.9 Å². The Kier molecular flexibility index (Phi) is 5.00. The number of para-hydroxylation sites is 1. The Bertz CT molecular complexity index is 910. The van der Waals surface area contributed by atoms with Gasteiger partial charge in [0.05, 0.1) is 6.67 Å². The Morgan fingerprint density at radius 1 is 1.04 bits per heavy atom. The van der Waals surface area contributed by atoms with Gasteiger partial charge < -0.3 is 0 Å². The summed E-state index contributed by atoms with van der Waals surface area (Å²) in [6, 6.07) is 21.5. The lowest BCUT2D eigenvalue weighted by Gasteiger charge is -2.19. The van der Waals surface area contributed by atoms with Crippen LogP contribution in [0.4, 0.5) is 0 Å². The van der Waals surface area contributed by atoms with E-state index in [4.69, 9.17) is 17.3 Å². The van der Waals surface area contributed by atoms with Crippen LogP contribution in [0.15, 0.2) is 60.7 Å². The molecule has 4 nitrogen and oxygen atoms in total. The SMILES string of the molecule is CCN(Cn1nc(Cc2ccccc2)n(-c2ccccc2)c1=S)C1CC1. The molecule has 3 aromatic rings. The molecule has 5 heteroatoms. The van der Waals surface area contributed by atoms with Crippen molar-refractivity contribution in [2.45, 2.75) is 38.9 Å². The maximum absolute atomic E-state index is 5.82. The van der Waals surface area contributed by atoms with E-state index in [9.17, 15) is 0 Å². The fourth-order valence-corrected chi connectivity index (χ4v) is 3.67. The van der Waals surface area contributed by atoms with Gasteiger partial charge in [0.2, 0.25) is 4.77 Å². The van der Waals surface area contributed by atoms with Gasteiger partial charge in [0, 0.05) is 18.2 Å². The van der Waals surface area contributed by atoms with Crippen molar-refractivity contribution in [2.75, 3.05) is 6.54 Å². The highest BCUT2D eigenvalue weighted by Crippen LogP contribution is 2.27. The lowest BCUT2D eigenvalue weighted by Crippen LogP contribution is -2.29. The molecule has 0 radical (unpaired) electrons. The summed E-state index contributed by atoms with van der Waals surface area (Å²) in [5.41, 5.74) is 2.32. The highest BCUT2D eigenvalue weighted by atomic mass is 32.1. The first-order valence-corrected chi connectivity index (χ1v) is 9.69. The zero-order valence-electron chi connectivity index (χ0n) is 15.1. The first-order chi connectivity index (χ1) is 12.8. The van der Waals surface area contributed by atoms with E-state index in [1.54, 1.807) is 0 Å². The smallest absolute Gasteiger partial charge is 0.203 e. The summed E-state index contributed by atoms with van der Waals surface area (Å²) in [5, 5.41) is 4.91. The molecule has 0 aliphatic heterocycles. The molecule has 0 N–H and O–H groups in total. The topological polar surface area (TPSA) is 26.0 Å². The van der Waals surface area contributed by atoms with Crippen molar-refractivity contribution >= 4 is 12.2 Å². The van der Waals surface area contributed by atoms with Gasteiger partial charge in [0.25, 0.3) is 0 Å². The van der Waals surface area contributed by atoms with Crippen molar-refractivity contribution in [2.24, 2.45) is 0 Å². The minimum atomic E-state index is 0.696. The maximum Gasteiger partial charge on any atom is 0.203 e. The minimum Gasteiger partial charge on any atom is -0.282 e. The number of hydrogen-bond acceptors (Lipinski definition) is 3. The van der Waals surface area contributed by atoms with Crippen LogP contribution in [0.3, 0.4) is 0 Å². The van der Waals surface area contributed by atoms with Gasteiger partial charge in [-0.05, 0) is 49.3 Å². The molecule has 0 atom stereocenters. The third kappa shape index (κ3) is 3.64. The van der Waals surface area contributed by atoms with Crippen molar-refractivity contribution in [1.29, 1.82) is 0 Å². The number of nitrogens with zero attached hydrogens (tertiary/aromatic N) is 4. The fourth-order valence-electron chi connectivity index (χ4n) is 3.36. The quantitative estimate of drug-likeness (QED) is 0.580. The van der Waals surface area contributed by atoms with Gasteiger partial charge >= 0.3 is 0 Å². The third-order valence-corrected chi connectivity index (χ3v) is 5.30. The van der Waals surface area contributed by atoms with Crippen LogP contribution in [-0.2, 0) is 13.1 Å². The van der Waals surface area contributed by atoms with Crippen LogP contribution in [0.2, 0.25) is 0 Å². The largest absolute Gasteiger partial charge is 0.282 e. The molecule has 134 valence electrons. The second kappa shape index (κ2) is 7.56. The van der Waals surface area contributed by atoms with E-state index in [0.29, 0.717) is 6.04 Å². The summed E-state index contributed by atoms with van der Waals surface area (Å²) in [5.74, 6) is 0.985. The van der Waals surface area contributed by atoms with Crippen LogP contribution in [0, 0.1) is 4.77 Å². The molecule has 0 saturated heterocycles. The van der Waals surface area contributed by atoms with Gasteiger partial charge in [-0.1, -0.05) is 55.5 Å². The number of hydrogen-bond donors (Lipinski definition) is 0. The molecular formula is C21H24N4S. The van der Waals surface area contributed by atoms with Crippen molar-refractivity contribution in [3.05, 3.63) is 76.8 Å². The number of benzene rings is 2. The molecule has 1 aromatic heterocycles. The second-order valence-electron chi connectivity index (χ2n) is 6.81. The van der Waals surface area contributed by atoms with E-state index in [0.717, 1.165) is 35.9 Å². The normalized spacial score (nSPS) is 14.1.